The van der Waals surface area contributed by atoms with Gasteiger partial charge in [-0.25, -0.2) is 10.5 Å². The molecule has 0 unspecified atom stereocenters. The molecule has 2 atom stereocenters. The minimum atomic E-state index is -0.821. The summed E-state index contributed by atoms with van der Waals surface area (Å²) in [4.78, 5) is 41.1. The molecule has 3 amide bonds. The van der Waals surface area contributed by atoms with Crippen LogP contribution in [0.5, 0.6) is 0 Å². The maximum absolute atomic E-state index is 12.8. The number of nitrogens with one attached hydrogen (secondary N) is 3. The van der Waals surface area contributed by atoms with Crippen LogP contribution in [0.2, 0.25) is 0 Å². The average molecular weight is 451 g/mol. The van der Waals surface area contributed by atoms with Gasteiger partial charge in [0.25, 0.3) is 0 Å². The lowest BCUT2D eigenvalue weighted by Crippen LogP contribution is -2.53. The highest BCUT2D eigenvalue weighted by molar-refractivity contribution is 5.97. The number of hydroxylamine groups is 1. The van der Waals surface area contributed by atoms with Gasteiger partial charge in [-0.2, -0.15) is 0 Å². The summed E-state index contributed by atoms with van der Waals surface area (Å²) in [5.41, 5.74) is 0.997. The molecular formula is C23H38N4O5. The van der Waals surface area contributed by atoms with Crippen LogP contribution >= 0.6 is 0 Å². The van der Waals surface area contributed by atoms with E-state index >= 15 is 0 Å². The van der Waals surface area contributed by atoms with Crippen LogP contribution in [0, 0.1) is 30.1 Å². The number of aromatic nitrogens is 1. The minimum Gasteiger partial charge on any atom is -0.388 e. The minimum absolute atomic E-state index is 0.154. The van der Waals surface area contributed by atoms with E-state index < -0.39 is 29.2 Å². The Labute approximate surface area is 191 Å². The number of hydrogen-bond acceptors (Lipinski definition) is 6. The number of terminal acetylenes is 1. The Morgan fingerprint density at radius 2 is 1.69 bits per heavy atom. The van der Waals surface area contributed by atoms with Gasteiger partial charge >= 0.3 is 0 Å². The highest BCUT2D eigenvalue weighted by Crippen LogP contribution is 2.23. The van der Waals surface area contributed by atoms with Crippen molar-refractivity contribution in [3.05, 3.63) is 24.4 Å². The maximum atomic E-state index is 12.8. The Kier molecular flexibility index (Phi) is 16.3. The average Bonchev–Trinajstić information content (AvgIpc) is 2.72. The molecule has 0 aliphatic rings. The molecule has 1 rings (SSSR count). The molecule has 0 spiro atoms. The van der Waals surface area contributed by atoms with Gasteiger partial charge in [0.15, 0.2) is 0 Å². The lowest BCUT2D eigenvalue weighted by Gasteiger charge is -2.31. The molecule has 32 heavy (non-hydrogen) atoms. The molecule has 0 aliphatic heterocycles. The van der Waals surface area contributed by atoms with Crippen molar-refractivity contribution in [1.82, 2.24) is 15.8 Å². The Morgan fingerprint density at radius 3 is 2.09 bits per heavy atom. The number of ether oxygens (including phenoxy) is 1. The van der Waals surface area contributed by atoms with E-state index in [0.717, 1.165) is 0 Å². The predicted molar refractivity (Wildman–Crippen MR) is 125 cm³/mol. The summed E-state index contributed by atoms with van der Waals surface area (Å²) in [6.07, 6.45) is 9.86. The van der Waals surface area contributed by atoms with Crippen LogP contribution in [0.3, 0.4) is 0 Å². The van der Waals surface area contributed by atoms with Crippen molar-refractivity contribution in [2.24, 2.45) is 17.3 Å². The zero-order valence-electron chi connectivity index (χ0n) is 20.1. The normalized spacial score (nSPS) is 12.1. The topological polar surface area (TPSA) is 130 Å². The first-order valence-electron chi connectivity index (χ1n) is 10.1. The quantitative estimate of drug-likeness (QED) is 0.274. The van der Waals surface area contributed by atoms with Crippen LogP contribution in [0.25, 0.3) is 0 Å². The molecule has 0 fully saturated rings. The summed E-state index contributed by atoms with van der Waals surface area (Å²) >= 11 is 0. The van der Waals surface area contributed by atoms with Crippen molar-refractivity contribution in [2.45, 2.75) is 53.5 Å². The largest absolute Gasteiger partial charge is 0.388 e. The zero-order valence-corrected chi connectivity index (χ0v) is 20.1. The molecule has 1 aromatic rings. The van der Waals surface area contributed by atoms with E-state index in [1.54, 1.807) is 44.1 Å². The summed E-state index contributed by atoms with van der Waals surface area (Å²) in [7, 11) is 3.25. The van der Waals surface area contributed by atoms with Crippen LogP contribution in [0.15, 0.2) is 24.4 Å². The van der Waals surface area contributed by atoms with Crippen molar-refractivity contribution < 1.29 is 24.3 Å². The third-order valence-electron chi connectivity index (χ3n) is 4.01. The van der Waals surface area contributed by atoms with Crippen LogP contribution in [-0.4, -0.2) is 48.2 Å². The van der Waals surface area contributed by atoms with Gasteiger partial charge < -0.3 is 15.4 Å². The summed E-state index contributed by atoms with van der Waals surface area (Å²) in [6, 6.07) is 4.33. The second-order valence-electron chi connectivity index (χ2n) is 8.49. The second-order valence-corrected chi connectivity index (χ2v) is 8.49. The molecule has 0 bridgehead atoms. The number of nitrogens with zero attached hydrogens (tertiary/aromatic N) is 1. The SMILES string of the molecule is C#C.CC(C)C[C@H](CC(=O)NO)C(=O)N[C@H](C(=O)Nc1ccccn1)C(C)(C)C.COC. The first-order valence-corrected chi connectivity index (χ1v) is 10.1. The lowest BCUT2D eigenvalue weighted by atomic mass is 9.85. The van der Waals surface area contributed by atoms with Crippen LogP contribution in [0.1, 0.15) is 47.5 Å². The molecule has 4 N–H and O–H groups in total. The number of amides is 3. The van der Waals surface area contributed by atoms with Gasteiger partial charge in [-0.05, 0) is 29.9 Å². The molecule has 1 heterocycles. The molecule has 0 saturated heterocycles. The van der Waals surface area contributed by atoms with E-state index in [-0.39, 0.29) is 18.2 Å². The van der Waals surface area contributed by atoms with Gasteiger partial charge in [0.05, 0.1) is 0 Å². The highest BCUT2D eigenvalue weighted by atomic mass is 16.5. The second kappa shape index (κ2) is 16.7. The number of rotatable bonds is 8. The number of carbonyl (C=O) groups excluding carboxylic acids is 3. The van der Waals surface area contributed by atoms with Crippen molar-refractivity contribution in [1.29, 1.82) is 0 Å². The van der Waals surface area contributed by atoms with Crippen LogP contribution in [-0.2, 0) is 19.1 Å². The number of hydrogen-bond donors (Lipinski definition) is 4. The monoisotopic (exact) mass is 450 g/mol. The van der Waals surface area contributed by atoms with Crippen molar-refractivity contribution in [3.8, 4) is 12.8 Å². The standard InChI is InChI=1S/C19H30N4O4.C2H6O.C2H2/c1-12(2)10-13(11-15(24)23-27)17(25)22-16(19(3,4)5)18(26)21-14-8-6-7-9-20-14;1-3-2;1-2/h6-9,12-13,16,27H,10-11H2,1-5H3,(H,22,25)(H,23,24)(H,20,21,26);1-2H3;1-2H/t13-,16-;;/m1../s1. The van der Waals surface area contributed by atoms with E-state index in [4.69, 9.17) is 5.21 Å². The smallest absolute Gasteiger partial charge is 0.248 e. The molecule has 9 nitrogen and oxygen atoms in total. The Bertz CT molecular complexity index is 699. The van der Waals surface area contributed by atoms with Gasteiger partial charge in [-0.3, -0.25) is 19.6 Å². The lowest BCUT2D eigenvalue weighted by molar-refractivity contribution is -0.136. The third-order valence-corrected chi connectivity index (χ3v) is 4.01. The molecule has 0 radical (unpaired) electrons. The fourth-order valence-corrected chi connectivity index (χ4v) is 2.69. The van der Waals surface area contributed by atoms with Crippen molar-refractivity contribution in [3.63, 3.8) is 0 Å². The molecule has 1 aromatic heterocycles. The van der Waals surface area contributed by atoms with Crippen LogP contribution in [0.4, 0.5) is 5.82 Å². The molecule has 0 aromatic carbocycles. The van der Waals surface area contributed by atoms with E-state index in [0.29, 0.717) is 12.2 Å². The Morgan fingerprint density at radius 1 is 1.12 bits per heavy atom. The van der Waals surface area contributed by atoms with E-state index in [2.05, 4.69) is 33.2 Å². The first kappa shape index (κ1) is 31.2. The van der Waals surface area contributed by atoms with Crippen molar-refractivity contribution >= 4 is 23.5 Å². The van der Waals surface area contributed by atoms with Gasteiger partial charge in [0.2, 0.25) is 17.7 Å². The van der Waals surface area contributed by atoms with Crippen molar-refractivity contribution in [2.75, 3.05) is 19.5 Å². The van der Waals surface area contributed by atoms with Gasteiger partial charge in [-0.1, -0.05) is 40.7 Å². The summed E-state index contributed by atoms with van der Waals surface area (Å²) in [5.74, 6) is -1.51. The third kappa shape index (κ3) is 13.4. The van der Waals surface area contributed by atoms with Gasteiger partial charge in [0.1, 0.15) is 11.9 Å². The summed E-state index contributed by atoms with van der Waals surface area (Å²) < 4.78 is 4.25. The highest BCUT2D eigenvalue weighted by Gasteiger charge is 2.35. The number of carbonyl (C=O) groups is 3. The Balaban J connectivity index is 0. The van der Waals surface area contributed by atoms with Gasteiger partial charge in [0, 0.05) is 32.8 Å². The molecular weight excluding hydrogens is 412 g/mol. The number of methoxy groups -OCH3 is 1. The van der Waals surface area contributed by atoms with Crippen LogP contribution < -0.4 is 16.1 Å². The first-order chi connectivity index (χ1) is 15.0. The maximum Gasteiger partial charge on any atom is 0.248 e. The number of anilines is 1. The van der Waals surface area contributed by atoms with E-state index in [9.17, 15) is 14.4 Å². The Hall–Kier alpha value is -2.96. The molecule has 0 aliphatic carbocycles. The van der Waals surface area contributed by atoms with Gasteiger partial charge in [-0.15, -0.1) is 12.8 Å². The van der Waals surface area contributed by atoms with E-state index in [1.165, 1.54) is 0 Å². The summed E-state index contributed by atoms with van der Waals surface area (Å²) in [6.45, 7) is 9.40. The summed E-state index contributed by atoms with van der Waals surface area (Å²) in [5, 5.41) is 14.2. The fourth-order valence-electron chi connectivity index (χ4n) is 2.69. The zero-order chi connectivity index (χ0) is 25.3. The molecule has 180 valence electrons. The molecule has 0 saturated carbocycles. The molecule has 9 heteroatoms. The fraction of sp³-hybridized carbons (Fsp3) is 0.565. The van der Waals surface area contributed by atoms with E-state index in [1.807, 2.05) is 34.6 Å². The number of pyridine rings is 1. The predicted octanol–water partition coefficient (Wildman–Crippen LogP) is 2.62.